The first-order chi connectivity index (χ1) is 15.0. The fraction of sp³-hybridized carbons (Fsp3) is 0.520. The van der Waals surface area contributed by atoms with Gasteiger partial charge in [0.15, 0.2) is 0 Å². The number of hydrogen-bond acceptors (Lipinski definition) is 4. The van der Waals surface area contributed by atoms with Crippen molar-refractivity contribution in [3.63, 3.8) is 0 Å². The number of carbonyl (C=O) groups is 2. The van der Waals surface area contributed by atoms with Crippen molar-refractivity contribution in [1.29, 1.82) is 0 Å². The van der Waals surface area contributed by atoms with Crippen LogP contribution in [0.15, 0.2) is 24.3 Å². The summed E-state index contributed by atoms with van der Waals surface area (Å²) >= 11 is 0. The van der Waals surface area contributed by atoms with Gasteiger partial charge in [-0.15, -0.1) is 0 Å². The Morgan fingerprint density at radius 3 is 2.44 bits per heavy atom. The number of aryl methyl sites for hydroxylation is 2. The summed E-state index contributed by atoms with van der Waals surface area (Å²) in [6.07, 6.45) is 2.46. The van der Waals surface area contributed by atoms with Gasteiger partial charge in [-0.1, -0.05) is 32.9 Å². The fourth-order valence-electron chi connectivity index (χ4n) is 4.10. The van der Waals surface area contributed by atoms with Crippen LogP contribution in [0, 0.1) is 25.1 Å². The van der Waals surface area contributed by atoms with Gasteiger partial charge in [0.25, 0.3) is 0 Å². The van der Waals surface area contributed by atoms with Crippen molar-refractivity contribution in [3.8, 4) is 0 Å². The van der Waals surface area contributed by atoms with E-state index < -0.39 is 5.82 Å². The molecule has 2 amide bonds. The Bertz CT molecular complexity index is 977. The maximum absolute atomic E-state index is 13.8. The molecule has 0 unspecified atom stereocenters. The Balaban J connectivity index is 1.70. The van der Waals surface area contributed by atoms with Crippen LogP contribution in [0.3, 0.4) is 0 Å². The largest absolute Gasteiger partial charge is 0.342 e. The molecular formula is C25H33FN4O2. The summed E-state index contributed by atoms with van der Waals surface area (Å²) < 4.78 is 13.8. The summed E-state index contributed by atoms with van der Waals surface area (Å²) in [4.78, 5) is 36.5. The van der Waals surface area contributed by atoms with E-state index in [2.05, 4.69) is 26.1 Å². The lowest BCUT2D eigenvalue weighted by molar-refractivity contribution is -0.134. The Labute approximate surface area is 189 Å². The second-order valence-corrected chi connectivity index (χ2v) is 9.85. The quantitative estimate of drug-likeness (QED) is 0.740. The number of benzene rings is 1. The zero-order valence-electron chi connectivity index (χ0n) is 19.7. The molecule has 7 heteroatoms. The molecule has 1 aromatic heterocycles. The number of rotatable bonds is 5. The number of aromatic nitrogens is 2. The van der Waals surface area contributed by atoms with Crippen molar-refractivity contribution in [2.45, 2.75) is 66.2 Å². The minimum atomic E-state index is -0.469. The zero-order chi connectivity index (χ0) is 23.5. The number of nitrogens with zero attached hydrogens (tertiary/aromatic N) is 3. The van der Waals surface area contributed by atoms with Gasteiger partial charge in [-0.3, -0.25) is 9.59 Å². The summed E-state index contributed by atoms with van der Waals surface area (Å²) in [6.45, 7) is 11.4. The first-order valence-electron chi connectivity index (χ1n) is 11.2. The minimum absolute atomic E-state index is 0.0431. The van der Waals surface area contributed by atoms with E-state index in [0.717, 1.165) is 42.2 Å². The maximum atomic E-state index is 13.8. The van der Waals surface area contributed by atoms with Gasteiger partial charge >= 0.3 is 0 Å². The number of halogens is 1. The molecule has 1 aromatic carbocycles. The minimum Gasteiger partial charge on any atom is -0.342 e. The lowest BCUT2D eigenvalue weighted by Crippen LogP contribution is -2.41. The first kappa shape index (κ1) is 23.8. The van der Waals surface area contributed by atoms with E-state index in [1.165, 1.54) is 12.1 Å². The van der Waals surface area contributed by atoms with Crippen molar-refractivity contribution >= 4 is 17.5 Å². The molecule has 1 N–H and O–H groups in total. The number of para-hydroxylation sites is 1. The summed E-state index contributed by atoms with van der Waals surface area (Å²) in [6, 6.07) is 6.09. The number of hydrogen-bond donors (Lipinski definition) is 1. The van der Waals surface area contributed by atoms with Crippen LogP contribution in [-0.2, 0) is 16.0 Å². The average Bonchev–Trinajstić information content (AvgIpc) is 2.71. The third-order valence-electron chi connectivity index (χ3n) is 5.74. The van der Waals surface area contributed by atoms with Gasteiger partial charge in [-0.05, 0) is 44.2 Å². The van der Waals surface area contributed by atoms with Gasteiger partial charge < -0.3 is 10.2 Å². The molecule has 0 radical (unpaired) electrons. The Morgan fingerprint density at radius 1 is 1.16 bits per heavy atom. The second-order valence-electron chi connectivity index (χ2n) is 9.85. The van der Waals surface area contributed by atoms with Crippen molar-refractivity contribution in [2.75, 3.05) is 18.4 Å². The monoisotopic (exact) mass is 440 g/mol. The molecule has 0 aliphatic carbocycles. The molecule has 0 spiro atoms. The zero-order valence-corrected chi connectivity index (χ0v) is 19.7. The van der Waals surface area contributed by atoms with Gasteiger partial charge in [-0.2, -0.15) is 0 Å². The number of likely N-dealkylation sites (tertiary alicyclic amines) is 1. The molecule has 1 atom stereocenters. The van der Waals surface area contributed by atoms with Crippen LogP contribution < -0.4 is 5.32 Å². The number of nitrogens with one attached hydrogen (secondary N) is 1. The van der Waals surface area contributed by atoms with E-state index >= 15 is 0 Å². The van der Waals surface area contributed by atoms with Crippen molar-refractivity contribution in [2.24, 2.45) is 5.41 Å². The number of amides is 2. The smallest absolute Gasteiger partial charge is 0.229 e. The molecule has 1 aliphatic rings. The molecular weight excluding hydrogens is 407 g/mol. The second kappa shape index (κ2) is 9.76. The van der Waals surface area contributed by atoms with Gasteiger partial charge in [0.05, 0.1) is 12.1 Å². The first-order valence-corrected chi connectivity index (χ1v) is 11.2. The Hall–Kier alpha value is -2.83. The highest BCUT2D eigenvalue weighted by Crippen LogP contribution is 2.28. The van der Waals surface area contributed by atoms with E-state index in [9.17, 15) is 14.0 Å². The van der Waals surface area contributed by atoms with Gasteiger partial charge in [0, 0.05) is 42.4 Å². The molecule has 3 rings (SSSR count). The van der Waals surface area contributed by atoms with Gasteiger partial charge in [0.2, 0.25) is 11.8 Å². The van der Waals surface area contributed by atoms with Crippen LogP contribution in [0.1, 0.15) is 68.7 Å². The third-order valence-corrected chi connectivity index (χ3v) is 5.74. The number of carbonyl (C=O) groups excluding carboxylic acids is 2. The standard InChI is InChI=1S/C25H33FN4O2/c1-16-19(13-22(31)29-21-11-7-6-10-20(21)26)17(2)28-24(27-16)18-9-8-12-30(15-18)23(32)14-25(3,4)5/h6-7,10-11,18H,8-9,12-15H2,1-5H3,(H,29,31)/t18-/m0/s1. The molecule has 0 saturated carbocycles. The van der Waals surface area contributed by atoms with Crippen LogP contribution in [0.2, 0.25) is 0 Å². The SMILES string of the molecule is Cc1nc([C@H]2CCCN(C(=O)CC(C)(C)C)C2)nc(C)c1CC(=O)Nc1ccccc1F. The van der Waals surface area contributed by atoms with Gasteiger partial charge in [0.1, 0.15) is 11.6 Å². The molecule has 6 nitrogen and oxygen atoms in total. The molecule has 0 bridgehead atoms. The van der Waals surface area contributed by atoms with Crippen LogP contribution >= 0.6 is 0 Å². The summed E-state index contributed by atoms with van der Waals surface area (Å²) in [5, 5.41) is 2.61. The van der Waals surface area contributed by atoms with E-state index in [-0.39, 0.29) is 35.3 Å². The molecule has 1 aliphatic heterocycles. The van der Waals surface area contributed by atoms with Crippen LogP contribution in [0.4, 0.5) is 10.1 Å². The molecule has 2 aromatic rings. The predicted molar refractivity (Wildman–Crippen MR) is 123 cm³/mol. The van der Waals surface area contributed by atoms with Crippen molar-refractivity contribution < 1.29 is 14.0 Å². The van der Waals surface area contributed by atoms with E-state index in [0.29, 0.717) is 13.0 Å². The maximum Gasteiger partial charge on any atom is 0.229 e. The van der Waals surface area contributed by atoms with Crippen LogP contribution in [0.25, 0.3) is 0 Å². The van der Waals surface area contributed by atoms with E-state index in [4.69, 9.17) is 9.97 Å². The summed E-state index contributed by atoms with van der Waals surface area (Å²) in [5.74, 6) is 0.216. The van der Waals surface area contributed by atoms with Gasteiger partial charge in [-0.25, -0.2) is 14.4 Å². The molecule has 172 valence electrons. The normalized spacial score (nSPS) is 16.7. The molecule has 2 heterocycles. The third kappa shape index (κ3) is 6.11. The number of piperidine rings is 1. The van der Waals surface area contributed by atoms with Crippen LogP contribution in [0.5, 0.6) is 0 Å². The van der Waals surface area contributed by atoms with E-state index in [1.807, 2.05) is 18.7 Å². The van der Waals surface area contributed by atoms with E-state index in [1.54, 1.807) is 12.1 Å². The average molecular weight is 441 g/mol. The van der Waals surface area contributed by atoms with Crippen molar-refractivity contribution in [3.05, 3.63) is 52.9 Å². The lowest BCUT2D eigenvalue weighted by Gasteiger charge is -2.34. The lowest BCUT2D eigenvalue weighted by atomic mass is 9.90. The Kier molecular flexibility index (Phi) is 7.26. The summed E-state index contributed by atoms with van der Waals surface area (Å²) in [5.41, 5.74) is 2.36. The van der Waals surface area contributed by atoms with Crippen LogP contribution in [-0.4, -0.2) is 39.8 Å². The summed E-state index contributed by atoms with van der Waals surface area (Å²) in [7, 11) is 0. The highest BCUT2D eigenvalue weighted by molar-refractivity contribution is 5.92. The number of anilines is 1. The predicted octanol–water partition coefficient (Wildman–Crippen LogP) is 4.56. The van der Waals surface area contributed by atoms with Crippen molar-refractivity contribution in [1.82, 2.24) is 14.9 Å². The highest BCUT2D eigenvalue weighted by Gasteiger charge is 2.29. The fourth-order valence-corrected chi connectivity index (χ4v) is 4.10. The highest BCUT2D eigenvalue weighted by atomic mass is 19.1. The molecule has 32 heavy (non-hydrogen) atoms. The molecule has 1 fully saturated rings. The topological polar surface area (TPSA) is 75.2 Å². The Morgan fingerprint density at radius 2 is 1.81 bits per heavy atom. The molecule has 1 saturated heterocycles.